The molecular weight excluding hydrogens is 207 g/mol. The number of halogens is 1. The number of nitrogens with two attached hydrogens (primary N) is 1. The fourth-order valence-electron chi connectivity index (χ4n) is 1.40. The molecule has 1 unspecified atom stereocenters. The highest BCUT2D eigenvalue weighted by atomic mass is 19.1. The lowest BCUT2D eigenvalue weighted by molar-refractivity contribution is -0.117. The molecule has 0 aromatic heterocycles. The lowest BCUT2D eigenvalue weighted by Gasteiger charge is -2.12. The van der Waals surface area contributed by atoms with Gasteiger partial charge in [0.2, 0.25) is 5.91 Å². The summed E-state index contributed by atoms with van der Waals surface area (Å²) < 4.78 is 13.0. The van der Waals surface area contributed by atoms with Crippen LogP contribution in [0.3, 0.4) is 0 Å². The Balaban J connectivity index is 2.72. The third-order valence-corrected chi connectivity index (χ3v) is 2.39. The van der Waals surface area contributed by atoms with Crippen LogP contribution in [0.1, 0.15) is 25.3 Å². The predicted octanol–water partition coefficient (Wildman–Crippen LogP) is 2.20. The standard InChI is InChI=1S/C12H17FN2O/c1-3-4-10(14)12(16)15-11-7-9(13)6-5-8(11)2/h5-7,10H,3-4,14H2,1-2H3,(H,15,16). The van der Waals surface area contributed by atoms with E-state index < -0.39 is 6.04 Å². The van der Waals surface area contributed by atoms with Gasteiger partial charge in [-0.15, -0.1) is 0 Å². The molecule has 3 N–H and O–H groups in total. The first-order valence-corrected chi connectivity index (χ1v) is 5.37. The van der Waals surface area contributed by atoms with Crippen molar-refractivity contribution in [3.63, 3.8) is 0 Å². The highest BCUT2D eigenvalue weighted by molar-refractivity contribution is 5.95. The molecule has 1 rings (SSSR count). The van der Waals surface area contributed by atoms with Crippen molar-refractivity contribution in [1.82, 2.24) is 0 Å². The van der Waals surface area contributed by atoms with Crippen molar-refractivity contribution in [1.29, 1.82) is 0 Å². The number of hydrogen-bond acceptors (Lipinski definition) is 2. The van der Waals surface area contributed by atoms with Gasteiger partial charge in [0.1, 0.15) is 5.82 Å². The van der Waals surface area contributed by atoms with Gasteiger partial charge in [-0.3, -0.25) is 4.79 Å². The Kier molecular flexibility index (Phi) is 4.43. The quantitative estimate of drug-likeness (QED) is 0.823. The zero-order chi connectivity index (χ0) is 12.1. The summed E-state index contributed by atoms with van der Waals surface area (Å²) >= 11 is 0. The minimum absolute atomic E-state index is 0.268. The van der Waals surface area contributed by atoms with E-state index in [0.29, 0.717) is 12.1 Å². The van der Waals surface area contributed by atoms with Gasteiger partial charge in [-0.2, -0.15) is 0 Å². The summed E-state index contributed by atoms with van der Waals surface area (Å²) in [5.74, 6) is -0.638. The fraction of sp³-hybridized carbons (Fsp3) is 0.417. The molecule has 1 atom stereocenters. The maximum absolute atomic E-state index is 13.0. The number of anilines is 1. The molecule has 0 aliphatic carbocycles. The van der Waals surface area contributed by atoms with Crippen LogP contribution in [0, 0.1) is 12.7 Å². The van der Waals surface area contributed by atoms with Crippen LogP contribution in [0.5, 0.6) is 0 Å². The Hall–Kier alpha value is -1.42. The molecule has 0 saturated heterocycles. The van der Waals surface area contributed by atoms with Crippen molar-refractivity contribution < 1.29 is 9.18 Å². The number of carbonyl (C=O) groups is 1. The second-order valence-corrected chi connectivity index (χ2v) is 3.84. The van der Waals surface area contributed by atoms with E-state index >= 15 is 0 Å². The van der Waals surface area contributed by atoms with Gasteiger partial charge < -0.3 is 11.1 Å². The molecule has 0 saturated carbocycles. The molecule has 1 amide bonds. The van der Waals surface area contributed by atoms with Crippen molar-refractivity contribution in [2.75, 3.05) is 5.32 Å². The summed E-state index contributed by atoms with van der Waals surface area (Å²) in [5.41, 5.74) is 6.96. The first-order chi connectivity index (χ1) is 7.54. The van der Waals surface area contributed by atoms with Crippen LogP contribution in [-0.2, 0) is 4.79 Å². The smallest absolute Gasteiger partial charge is 0.241 e. The molecule has 16 heavy (non-hydrogen) atoms. The number of benzene rings is 1. The number of amides is 1. The van der Waals surface area contributed by atoms with Gasteiger partial charge in [-0.1, -0.05) is 19.4 Å². The summed E-state index contributed by atoms with van der Waals surface area (Å²) in [5, 5.41) is 2.63. The molecule has 88 valence electrons. The lowest BCUT2D eigenvalue weighted by atomic mass is 10.1. The average Bonchev–Trinajstić information content (AvgIpc) is 2.23. The maximum atomic E-state index is 13.0. The van der Waals surface area contributed by atoms with E-state index in [1.54, 1.807) is 13.0 Å². The van der Waals surface area contributed by atoms with Crippen molar-refractivity contribution in [2.24, 2.45) is 5.73 Å². The minimum Gasteiger partial charge on any atom is -0.324 e. The van der Waals surface area contributed by atoms with E-state index in [-0.39, 0.29) is 11.7 Å². The lowest BCUT2D eigenvalue weighted by Crippen LogP contribution is -2.35. The van der Waals surface area contributed by atoms with Gasteiger partial charge in [0, 0.05) is 5.69 Å². The number of aryl methyl sites for hydroxylation is 1. The SMILES string of the molecule is CCCC(N)C(=O)Nc1cc(F)ccc1C. The average molecular weight is 224 g/mol. The maximum Gasteiger partial charge on any atom is 0.241 e. The molecule has 0 fully saturated rings. The molecule has 1 aromatic carbocycles. The zero-order valence-corrected chi connectivity index (χ0v) is 9.59. The molecule has 0 bridgehead atoms. The summed E-state index contributed by atoms with van der Waals surface area (Å²) in [6, 6.07) is 3.74. The third-order valence-electron chi connectivity index (χ3n) is 2.39. The Labute approximate surface area is 94.8 Å². The second kappa shape index (κ2) is 5.61. The van der Waals surface area contributed by atoms with Gasteiger partial charge in [0.05, 0.1) is 6.04 Å². The molecule has 3 nitrogen and oxygen atoms in total. The van der Waals surface area contributed by atoms with Crippen LogP contribution in [0.25, 0.3) is 0 Å². The summed E-state index contributed by atoms with van der Waals surface area (Å²) in [7, 11) is 0. The van der Waals surface area contributed by atoms with Gasteiger partial charge in [0.15, 0.2) is 0 Å². The van der Waals surface area contributed by atoms with Crippen LogP contribution in [0.4, 0.5) is 10.1 Å². The fourth-order valence-corrected chi connectivity index (χ4v) is 1.40. The predicted molar refractivity (Wildman–Crippen MR) is 62.7 cm³/mol. The van der Waals surface area contributed by atoms with Crippen LogP contribution in [0.15, 0.2) is 18.2 Å². The van der Waals surface area contributed by atoms with Gasteiger partial charge in [-0.05, 0) is 31.0 Å². The molecule has 0 spiro atoms. The molecule has 0 aliphatic heterocycles. The highest BCUT2D eigenvalue weighted by Crippen LogP contribution is 2.16. The molecule has 0 radical (unpaired) electrons. The first-order valence-electron chi connectivity index (χ1n) is 5.37. The van der Waals surface area contributed by atoms with Crippen LogP contribution < -0.4 is 11.1 Å². The van der Waals surface area contributed by atoms with E-state index in [1.807, 2.05) is 6.92 Å². The number of nitrogens with one attached hydrogen (secondary N) is 1. The van der Waals surface area contributed by atoms with E-state index in [9.17, 15) is 9.18 Å². The summed E-state index contributed by atoms with van der Waals surface area (Å²) in [6.07, 6.45) is 1.47. The van der Waals surface area contributed by atoms with Gasteiger partial charge >= 0.3 is 0 Å². The third kappa shape index (κ3) is 3.31. The molecule has 4 heteroatoms. The monoisotopic (exact) mass is 224 g/mol. The van der Waals surface area contributed by atoms with Crippen LogP contribution >= 0.6 is 0 Å². The van der Waals surface area contributed by atoms with Crippen LogP contribution in [0.2, 0.25) is 0 Å². The van der Waals surface area contributed by atoms with Crippen LogP contribution in [-0.4, -0.2) is 11.9 Å². The topological polar surface area (TPSA) is 55.1 Å². The van der Waals surface area contributed by atoms with E-state index in [1.165, 1.54) is 12.1 Å². The Bertz CT molecular complexity index is 379. The Morgan fingerprint density at radius 3 is 2.88 bits per heavy atom. The largest absolute Gasteiger partial charge is 0.324 e. The van der Waals surface area contributed by atoms with Crippen molar-refractivity contribution in [2.45, 2.75) is 32.7 Å². The van der Waals surface area contributed by atoms with Crippen molar-refractivity contribution in [3.05, 3.63) is 29.6 Å². The number of rotatable bonds is 4. The minimum atomic E-state index is -0.535. The highest BCUT2D eigenvalue weighted by Gasteiger charge is 2.13. The van der Waals surface area contributed by atoms with E-state index in [2.05, 4.69) is 5.32 Å². The van der Waals surface area contributed by atoms with Gasteiger partial charge in [0.25, 0.3) is 0 Å². The zero-order valence-electron chi connectivity index (χ0n) is 9.59. The number of hydrogen-bond donors (Lipinski definition) is 2. The summed E-state index contributed by atoms with van der Waals surface area (Å²) in [4.78, 5) is 11.6. The van der Waals surface area contributed by atoms with Gasteiger partial charge in [-0.25, -0.2) is 4.39 Å². The molecular formula is C12H17FN2O. The van der Waals surface area contributed by atoms with Crippen molar-refractivity contribution in [3.8, 4) is 0 Å². The molecule has 0 heterocycles. The van der Waals surface area contributed by atoms with E-state index in [0.717, 1.165) is 12.0 Å². The molecule has 0 aliphatic rings. The second-order valence-electron chi connectivity index (χ2n) is 3.84. The molecule has 1 aromatic rings. The summed E-state index contributed by atoms with van der Waals surface area (Å²) in [6.45, 7) is 3.76. The Morgan fingerprint density at radius 2 is 2.25 bits per heavy atom. The van der Waals surface area contributed by atoms with E-state index in [4.69, 9.17) is 5.73 Å². The van der Waals surface area contributed by atoms with Crippen molar-refractivity contribution >= 4 is 11.6 Å². The first kappa shape index (κ1) is 12.6. The normalized spacial score (nSPS) is 12.2. The number of carbonyl (C=O) groups excluding carboxylic acids is 1. The Morgan fingerprint density at radius 1 is 1.56 bits per heavy atom.